The minimum atomic E-state index is -0.296. The number of halogens is 2. The maximum Gasteiger partial charge on any atom is 0.298 e. The van der Waals surface area contributed by atoms with E-state index in [9.17, 15) is 9.59 Å². The van der Waals surface area contributed by atoms with Crippen LogP contribution in [0.25, 0.3) is 17.0 Å². The van der Waals surface area contributed by atoms with E-state index < -0.39 is 0 Å². The van der Waals surface area contributed by atoms with Crippen LogP contribution in [0, 0.1) is 0 Å². The van der Waals surface area contributed by atoms with E-state index in [-0.39, 0.29) is 11.1 Å². The minimum absolute atomic E-state index is 0.285. The molecule has 0 aliphatic carbocycles. The highest BCUT2D eigenvalue weighted by atomic mass is 79.9. The molecule has 1 fully saturated rings. The van der Waals surface area contributed by atoms with Crippen molar-refractivity contribution in [1.29, 1.82) is 0 Å². The Labute approximate surface area is 206 Å². The van der Waals surface area contributed by atoms with Gasteiger partial charge < -0.3 is 4.57 Å². The Morgan fingerprint density at radius 2 is 1.59 bits per heavy atom. The number of rotatable bonds is 4. The molecule has 7 heteroatoms. The van der Waals surface area contributed by atoms with E-state index in [4.69, 9.17) is 0 Å². The molecule has 158 valence electrons. The lowest BCUT2D eigenvalue weighted by atomic mass is 10.1. The zero-order valence-electron chi connectivity index (χ0n) is 16.7. The average Bonchev–Trinajstić information content (AvgIpc) is 3.26. The van der Waals surface area contributed by atoms with E-state index in [1.807, 2.05) is 54.7 Å². The zero-order valence-corrected chi connectivity index (χ0v) is 20.7. The number of carbonyl (C=O) groups excluding carboxylic acids is 2. The highest BCUT2D eigenvalue weighted by molar-refractivity contribution is 9.10. The summed E-state index contributed by atoms with van der Waals surface area (Å²) in [5.74, 6) is -0.296. The van der Waals surface area contributed by atoms with E-state index >= 15 is 0 Å². The van der Waals surface area contributed by atoms with Crippen LogP contribution in [-0.4, -0.2) is 15.7 Å². The maximum atomic E-state index is 13.0. The first-order valence-electron chi connectivity index (χ1n) is 9.85. The molecule has 5 rings (SSSR count). The first kappa shape index (κ1) is 21.2. The molecule has 0 spiro atoms. The molecule has 4 nitrogen and oxygen atoms in total. The van der Waals surface area contributed by atoms with Gasteiger partial charge in [-0.3, -0.25) is 9.59 Å². The Morgan fingerprint density at radius 3 is 2.34 bits per heavy atom. The Morgan fingerprint density at radius 1 is 0.875 bits per heavy atom. The number of hydrogen-bond acceptors (Lipinski definition) is 3. The molecule has 1 aliphatic rings. The highest BCUT2D eigenvalue weighted by Gasteiger charge is 2.36. The van der Waals surface area contributed by atoms with E-state index in [1.54, 1.807) is 12.1 Å². The van der Waals surface area contributed by atoms with Gasteiger partial charge in [0.15, 0.2) is 0 Å². The standard InChI is InChI=1S/C25H16Br2N2O2S/c26-18-8-6-16(7-9-18)14-28-15-17(21-13-19(27)10-11-22(21)28)12-23-24(30)29(25(31)32-23)20-4-2-1-3-5-20/h1-13,15H,14H2/b23-12-. The molecule has 3 aromatic carbocycles. The fourth-order valence-electron chi connectivity index (χ4n) is 3.74. The van der Waals surface area contributed by atoms with E-state index in [0.29, 0.717) is 17.1 Å². The van der Waals surface area contributed by atoms with Crippen molar-refractivity contribution in [3.8, 4) is 0 Å². The van der Waals surface area contributed by atoms with Crippen molar-refractivity contribution in [2.75, 3.05) is 4.90 Å². The number of aromatic nitrogens is 1. The van der Waals surface area contributed by atoms with Gasteiger partial charge in [0.1, 0.15) is 0 Å². The lowest BCUT2D eigenvalue weighted by Crippen LogP contribution is -2.27. The van der Waals surface area contributed by atoms with Crippen LogP contribution in [-0.2, 0) is 11.3 Å². The number of carbonyl (C=O) groups is 2. The van der Waals surface area contributed by atoms with Crippen molar-refractivity contribution in [3.05, 3.63) is 104 Å². The van der Waals surface area contributed by atoms with Gasteiger partial charge in [-0.15, -0.1) is 0 Å². The molecule has 1 aliphatic heterocycles. The molecule has 0 unspecified atom stereocenters. The van der Waals surface area contributed by atoms with Crippen molar-refractivity contribution < 1.29 is 9.59 Å². The lowest BCUT2D eigenvalue weighted by molar-refractivity contribution is -0.113. The molecule has 4 aromatic rings. The van der Waals surface area contributed by atoms with E-state index in [0.717, 1.165) is 37.2 Å². The molecular formula is C25H16Br2N2O2S. The molecule has 0 atom stereocenters. The first-order chi connectivity index (χ1) is 15.5. The molecule has 0 N–H and O–H groups in total. The summed E-state index contributed by atoms with van der Waals surface area (Å²) in [5, 5.41) is 0.732. The minimum Gasteiger partial charge on any atom is -0.342 e. The second-order valence-corrected chi connectivity index (χ2v) is 10.2. The largest absolute Gasteiger partial charge is 0.342 e. The number of fused-ring (bicyclic) bond motifs is 1. The van der Waals surface area contributed by atoms with E-state index in [1.165, 1.54) is 10.5 Å². The number of anilines is 1. The summed E-state index contributed by atoms with van der Waals surface area (Å²) < 4.78 is 4.16. The fourth-order valence-corrected chi connectivity index (χ4v) is 5.20. The molecule has 32 heavy (non-hydrogen) atoms. The molecule has 0 radical (unpaired) electrons. The number of imide groups is 1. The second-order valence-electron chi connectivity index (χ2n) is 7.35. The highest BCUT2D eigenvalue weighted by Crippen LogP contribution is 2.37. The molecule has 2 heterocycles. The summed E-state index contributed by atoms with van der Waals surface area (Å²) in [6.45, 7) is 0.699. The number of thioether (sulfide) groups is 1. The van der Waals surface area contributed by atoms with E-state index in [2.05, 4.69) is 54.6 Å². The van der Waals surface area contributed by atoms with Gasteiger partial charge in [-0.25, -0.2) is 4.90 Å². The summed E-state index contributed by atoms with van der Waals surface area (Å²) in [5.41, 5.74) is 3.71. The van der Waals surface area contributed by atoms with Crippen LogP contribution in [0.2, 0.25) is 0 Å². The van der Waals surface area contributed by atoms with Gasteiger partial charge in [-0.1, -0.05) is 62.2 Å². The third-order valence-corrected chi connectivity index (χ3v) is 7.13. The first-order valence-corrected chi connectivity index (χ1v) is 12.3. The van der Waals surface area contributed by atoms with Gasteiger partial charge in [0, 0.05) is 38.2 Å². The average molecular weight is 568 g/mol. The monoisotopic (exact) mass is 566 g/mol. The van der Waals surface area contributed by atoms with Gasteiger partial charge in [0.2, 0.25) is 0 Å². The quantitative estimate of drug-likeness (QED) is 0.240. The summed E-state index contributed by atoms with van der Waals surface area (Å²) in [6, 6.07) is 23.3. The number of benzene rings is 3. The summed E-state index contributed by atoms with van der Waals surface area (Å²) in [4.78, 5) is 27.3. The molecule has 2 amide bonds. The second kappa shape index (κ2) is 8.73. The van der Waals surface area contributed by atoms with Crippen LogP contribution in [0.3, 0.4) is 0 Å². The Balaban J connectivity index is 1.55. The molecule has 1 aromatic heterocycles. The summed E-state index contributed by atoms with van der Waals surface area (Å²) in [6.07, 6.45) is 3.86. The Kier molecular flexibility index (Phi) is 5.80. The predicted molar refractivity (Wildman–Crippen MR) is 138 cm³/mol. The normalized spacial score (nSPS) is 15.3. The molecule has 0 saturated carbocycles. The molecule has 0 bridgehead atoms. The third-order valence-electron chi connectivity index (χ3n) is 5.23. The van der Waals surface area contributed by atoms with Crippen LogP contribution in [0.1, 0.15) is 11.1 Å². The smallest absolute Gasteiger partial charge is 0.298 e. The number of para-hydroxylation sites is 1. The maximum absolute atomic E-state index is 13.0. The summed E-state index contributed by atoms with van der Waals surface area (Å²) >= 11 is 8.00. The van der Waals surface area contributed by atoms with Crippen molar-refractivity contribution in [2.24, 2.45) is 0 Å². The van der Waals surface area contributed by atoms with Crippen LogP contribution in [0.15, 0.2) is 92.8 Å². The van der Waals surface area contributed by atoms with Crippen LogP contribution < -0.4 is 4.90 Å². The number of nitrogens with zero attached hydrogens (tertiary/aromatic N) is 2. The SMILES string of the molecule is O=C1S/C(=C\c2cn(Cc3ccc(Br)cc3)c3ccc(Br)cc23)C(=O)N1c1ccccc1. The Hall–Kier alpha value is -2.61. The third kappa shape index (κ3) is 4.08. The van der Waals surface area contributed by atoms with Gasteiger partial charge >= 0.3 is 0 Å². The fraction of sp³-hybridized carbons (Fsp3) is 0.0400. The van der Waals surface area contributed by atoms with Crippen LogP contribution in [0.4, 0.5) is 10.5 Å². The van der Waals surface area contributed by atoms with Crippen molar-refractivity contribution in [1.82, 2.24) is 4.57 Å². The van der Waals surface area contributed by atoms with Gasteiger partial charge in [-0.2, -0.15) is 0 Å². The Bertz CT molecular complexity index is 1380. The predicted octanol–water partition coefficient (Wildman–Crippen LogP) is 7.46. The number of amides is 2. The number of hydrogen-bond donors (Lipinski definition) is 0. The van der Waals surface area contributed by atoms with Crippen molar-refractivity contribution in [3.63, 3.8) is 0 Å². The van der Waals surface area contributed by atoms with Gasteiger partial charge in [0.25, 0.3) is 11.1 Å². The molecular weight excluding hydrogens is 552 g/mol. The zero-order chi connectivity index (χ0) is 22.2. The topological polar surface area (TPSA) is 42.3 Å². The van der Waals surface area contributed by atoms with Crippen LogP contribution in [0.5, 0.6) is 0 Å². The van der Waals surface area contributed by atoms with Crippen molar-refractivity contribution in [2.45, 2.75) is 6.54 Å². The molecule has 1 saturated heterocycles. The summed E-state index contributed by atoms with van der Waals surface area (Å²) in [7, 11) is 0. The van der Waals surface area contributed by atoms with Crippen molar-refractivity contribution >= 4 is 77.4 Å². The lowest BCUT2D eigenvalue weighted by Gasteiger charge is -2.11. The van der Waals surface area contributed by atoms with Crippen LogP contribution >= 0.6 is 43.6 Å². The van der Waals surface area contributed by atoms with Gasteiger partial charge in [-0.05, 0) is 65.9 Å². The van der Waals surface area contributed by atoms with Gasteiger partial charge in [0.05, 0.1) is 10.6 Å².